The van der Waals surface area contributed by atoms with Crippen LogP contribution in [0, 0.1) is 10.8 Å². The molecule has 1 heterocycles. The van der Waals surface area contributed by atoms with Gasteiger partial charge in [0.2, 0.25) is 0 Å². The van der Waals surface area contributed by atoms with Gasteiger partial charge in [0.25, 0.3) is 0 Å². The molecular weight excluding hydrogens is 597 g/mol. The molecule has 0 bridgehead atoms. The molecule has 1 aromatic heterocycles. The van der Waals surface area contributed by atoms with Gasteiger partial charge in [-0.05, 0) is 113 Å². The Morgan fingerprint density at radius 1 is 0.469 bits per heavy atom. The van der Waals surface area contributed by atoms with Gasteiger partial charge in [-0.3, -0.25) is 15.8 Å². The average Bonchev–Trinajstić information content (AvgIpc) is 3.16. The Morgan fingerprint density at radius 2 is 1.00 bits per heavy atom. The number of pyridine rings is 1. The van der Waals surface area contributed by atoms with Crippen LogP contribution in [0.3, 0.4) is 0 Å². The van der Waals surface area contributed by atoms with Gasteiger partial charge in [-0.1, -0.05) is 115 Å². The van der Waals surface area contributed by atoms with E-state index in [0.29, 0.717) is 0 Å². The van der Waals surface area contributed by atoms with Crippen molar-refractivity contribution in [1.29, 1.82) is 10.8 Å². The molecule has 49 heavy (non-hydrogen) atoms. The molecule has 0 saturated heterocycles. The quantitative estimate of drug-likeness (QED) is 0.103. The summed E-state index contributed by atoms with van der Waals surface area (Å²) >= 11 is 0. The maximum atomic E-state index is 8.88. The summed E-state index contributed by atoms with van der Waals surface area (Å²) in [5, 5.41) is 27.0. The molecular formula is C45H32N4. The predicted octanol–water partition coefficient (Wildman–Crippen LogP) is 11.2. The van der Waals surface area contributed by atoms with E-state index in [0.717, 1.165) is 60.6 Å². The lowest BCUT2D eigenvalue weighted by atomic mass is 9.83. The molecule has 8 aromatic rings. The molecule has 0 unspecified atom stereocenters. The molecule has 0 amide bonds. The molecule has 0 aliphatic heterocycles. The van der Waals surface area contributed by atoms with Crippen LogP contribution in [0.2, 0.25) is 0 Å². The first-order chi connectivity index (χ1) is 24.0. The van der Waals surface area contributed by atoms with Crippen LogP contribution in [0.1, 0.15) is 11.1 Å². The van der Waals surface area contributed by atoms with Crippen molar-refractivity contribution in [3.63, 3.8) is 0 Å². The Labute approximate surface area is 284 Å². The number of hydrogen-bond acceptors (Lipinski definition) is 4. The summed E-state index contributed by atoms with van der Waals surface area (Å²) in [5.41, 5.74) is 12.9. The third-order valence-electron chi connectivity index (χ3n) is 9.18. The van der Waals surface area contributed by atoms with Crippen molar-refractivity contribution in [2.24, 2.45) is 0 Å². The van der Waals surface area contributed by atoms with Gasteiger partial charge in [0, 0.05) is 23.7 Å². The summed E-state index contributed by atoms with van der Waals surface area (Å²) in [4.78, 5) is 4.05. The van der Waals surface area contributed by atoms with Crippen LogP contribution in [0.5, 0.6) is 0 Å². The van der Waals surface area contributed by atoms with Crippen LogP contribution < -0.4 is 5.73 Å². The molecule has 1 aliphatic carbocycles. The molecule has 9 rings (SSSR count). The lowest BCUT2D eigenvalue weighted by molar-refractivity contribution is 1.33. The van der Waals surface area contributed by atoms with Crippen LogP contribution in [-0.2, 0) is 0 Å². The van der Waals surface area contributed by atoms with Crippen molar-refractivity contribution in [3.05, 3.63) is 181 Å². The number of anilines is 1. The number of benzene rings is 7. The highest BCUT2D eigenvalue weighted by atomic mass is 14.6. The number of rotatable bonds is 3. The highest BCUT2D eigenvalue weighted by Crippen LogP contribution is 2.39. The fraction of sp³-hybridized carbons (Fsp3) is 0. The maximum absolute atomic E-state index is 8.88. The highest BCUT2D eigenvalue weighted by molar-refractivity contribution is 6.62. The molecule has 0 radical (unpaired) electrons. The minimum Gasteiger partial charge on any atom is -0.399 e. The van der Waals surface area contributed by atoms with Crippen LogP contribution in [0.15, 0.2) is 170 Å². The van der Waals surface area contributed by atoms with Gasteiger partial charge in [0.1, 0.15) is 0 Å². The first-order valence-corrected chi connectivity index (χ1v) is 16.2. The minimum absolute atomic E-state index is 0.233. The van der Waals surface area contributed by atoms with Gasteiger partial charge < -0.3 is 5.73 Å². The number of fused-ring (bicyclic) bond motifs is 6. The fourth-order valence-electron chi connectivity index (χ4n) is 6.79. The van der Waals surface area contributed by atoms with Gasteiger partial charge in [0.15, 0.2) is 0 Å². The number of aromatic nitrogens is 1. The van der Waals surface area contributed by atoms with Gasteiger partial charge >= 0.3 is 0 Å². The number of nitrogen functional groups attached to an aromatic ring is 1. The van der Waals surface area contributed by atoms with Gasteiger partial charge in [-0.15, -0.1) is 0 Å². The Morgan fingerprint density at radius 3 is 1.59 bits per heavy atom. The molecule has 0 atom stereocenters. The largest absolute Gasteiger partial charge is 0.399 e. The summed E-state index contributed by atoms with van der Waals surface area (Å²) in [5.74, 6) is 0. The summed E-state index contributed by atoms with van der Waals surface area (Å²) in [6, 6.07) is 49.8. The molecule has 7 aromatic carbocycles. The second-order valence-electron chi connectivity index (χ2n) is 12.2. The molecule has 232 valence electrons. The van der Waals surface area contributed by atoms with Crippen LogP contribution in [0.25, 0.3) is 65.4 Å². The zero-order valence-corrected chi connectivity index (χ0v) is 26.7. The molecule has 0 spiro atoms. The molecule has 4 heteroatoms. The lowest BCUT2D eigenvalue weighted by Gasteiger charge is -2.20. The number of hydrogen-bond donors (Lipinski definition) is 3. The number of nitrogens with zero attached hydrogens (tertiary/aromatic N) is 1. The lowest BCUT2D eigenvalue weighted by Crippen LogP contribution is -2.16. The van der Waals surface area contributed by atoms with E-state index < -0.39 is 0 Å². The van der Waals surface area contributed by atoms with Crippen LogP contribution in [0.4, 0.5) is 5.69 Å². The predicted molar refractivity (Wildman–Crippen MR) is 208 cm³/mol. The van der Waals surface area contributed by atoms with Gasteiger partial charge in [-0.2, -0.15) is 0 Å². The van der Waals surface area contributed by atoms with Crippen molar-refractivity contribution < 1.29 is 0 Å². The van der Waals surface area contributed by atoms with Gasteiger partial charge in [0.05, 0.1) is 11.4 Å². The molecule has 0 saturated carbocycles. The Kier molecular flexibility index (Phi) is 7.59. The topological polar surface area (TPSA) is 86.6 Å². The first-order valence-electron chi connectivity index (χ1n) is 16.2. The Hall–Kier alpha value is -6.65. The van der Waals surface area contributed by atoms with Crippen LogP contribution >= 0.6 is 0 Å². The second-order valence-corrected chi connectivity index (χ2v) is 12.2. The van der Waals surface area contributed by atoms with Gasteiger partial charge in [-0.25, -0.2) is 0 Å². The Balaban J connectivity index is 0.000000225. The Bertz CT molecular complexity index is 2630. The summed E-state index contributed by atoms with van der Waals surface area (Å²) in [6.45, 7) is 0. The third-order valence-corrected chi connectivity index (χ3v) is 9.18. The standard InChI is InChI=1S/C34H22N2.C11H10N2/c35-33-20-23(30-17-21-9-1-3-11-24(21)26-13-5-7-15-28(26)30)19-32(34(33)36)31-18-22-10-2-4-12-25(22)27-14-6-8-16-29(27)31;12-11-5-3-9(4-6-11)10-2-1-7-13-8-10/h1-20,35-36H;1-8H,12H2. The van der Waals surface area contributed by atoms with E-state index >= 15 is 0 Å². The van der Waals surface area contributed by atoms with E-state index in [9.17, 15) is 0 Å². The normalized spacial score (nSPS) is 12.9. The molecule has 4 nitrogen and oxygen atoms in total. The van der Waals surface area contributed by atoms with E-state index in [4.69, 9.17) is 16.6 Å². The number of allylic oxidation sites excluding steroid dienone is 4. The first kappa shape index (κ1) is 29.7. The van der Waals surface area contributed by atoms with Crippen molar-refractivity contribution in [2.45, 2.75) is 0 Å². The van der Waals surface area contributed by atoms with Crippen LogP contribution in [-0.4, -0.2) is 16.4 Å². The monoisotopic (exact) mass is 628 g/mol. The zero-order chi connectivity index (χ0) is 33.3. The number of nitrogens with two attached hydrogens (primary N) is 1. The fourth-order valence-corrected chi connectivity index (χ4v) is 6.79. The van der Waals surface area contributed by atoms with E-state index in [1.165, 1.54) is 21.5 Å². The molecule has 4 N–H and O–H groups in total. The summed E-state index contributed by atoms with van der Waals surface area (Å²) < 4.78 is 0. The van der Waals surface area contributed by atoms with E-state index in [1.54, 1.807) is 6.20 Å². The van der Waals surface area contributed by atoms with E-state index in [1.807, 2.05) is 54.7 Å². The summed E-state index contributed by atoms with van der Waals surface area (Å²) in [7, 11) is 0. The minimum atomic E-state index is 0.233. The van der Waals surface area contributed by atoms with Crippen molar-refractivity contribution >= 4 is 71.3 Å². The summed E-state index contributed by atoms with van der Waals surface area (Å²) in [6.07, 6.45) is 7.55. The second kappa shape index (κ2) is 12.5. The molecule has 0 fully saturated rings. The average molecular weight is 629 g/mol. The molecule has 1 aliphatic rings. The highest BCUT2D eigenvalue weighted by Gasteiger charge is 2.22. The van der Waals surface area contributed by atoms with Crippen molar-refractivity contribution in [3.8, 4) is 11.1 Å². The van der Waals surface area contributed by atoms with E-state index in [-0.39, 0.29) is 11.4 Å². The van der Waals surface area contributed by atoms with E-state index in [2.05, 4.69) is 114 Å². The zero-order valence-electron chi connectivity index (χ0n) is 26.7. The third kappa shape index (κ3) is 5.56. The smallest absolute Gasteiger partial charge is 0.0868 e. The maximum Gasteiger partial charge on any atom is 0.0868 e. The van der Waals surface area contributed by atoms with Crippen molar-refractivity contribution in [2.75, 3.05) is 5.73 Å². The number of nitrogens with one attached hydrogen (secondary N) is 2. The SMILES string of the molecule is N=C1C=C(c2cc3ccccc3c3ccccc23)C=C(c2cc3ccccc3c3ccccc23)C1=N.Nc1ccc(-c2cccnc2)cc1. The van der Waals surface area contributed by atoms with Crippen molar-refractivity contribution in [1.82, 2.24) is 4.98 Å².